The van der Waals surface area contributed by atoms with Gasteiger partial charge in [0.25, 0.3) is 0 Å². The summed E-state index contributed by atoms with van der Waals surface area (Å²) in [6.45, 7) is 0. The summed E-state index contributed by atoms with van der Waals surface area (Å²) >= 11 is 1.84. The van der Waals surface area contributed by atoms with Gasteiger partial charge in [-0.05, 0) is 57.9 Å². The smallest absolute Gasteiger partial charge is 0.123 e. The number of fused-ring (bicyclic) bond motifs is 9. The molecule has 0 aliphatic heterocycles. The highest BCUT2D eigenvalue weighted by Gasteiger charge is 2.21. The van der Waals surface area contributed by atoms with Crippen LogP contribution in [0.25, 0.3) is 52.5 Å². The summed E-state index contributed by atoms with van der Waals surface area (Å²) in [6, 6.07) is 45.7. The number of hydrogen-bond acceptors (Lipinski definition) is 2. The van der Waals surface area contributed by atoms with E-state index < -0.39 is 0 Å². The van der Waals surface area contributed by atoms with Gasteiger partial charge in [0, 0.05) is 31.9 Å². The summed E-state index contributed by atoms with van der Waals surface area (Å²) in [6.07, 6.45) is 0. The van der Waals surface area contributed by atoms with Crippen LogP contribution in [0.4, 0.5) is 21.5 Å². The Morgan fingerprint density at radius 2 is 1.00 bits per heavy atom. The third kappa shape index (κ3) is 3.37. The highest BCUT2D eigenvalue weighted by Crippen LogP contribution is 2.49. The summed E-state index contributed by atoms with van der Waals surface area (Å²) in [5.74, 6) is -0.241. The molecule has 0 N–H and O–H groups in total. The van der Waals surface area contributed by atoms with Crippen LogP contribution in [-0.4, -0.2) is 0 Å². The topological polar surface area (TPSA) is 3.24 Å². The molecule has 0 aliphatic rings. The predicted molar refractivity (Wildman–Crippen MR) is 166 cm³/mol. The van der Waals surface area contributed by atoms with E-state index in [4.69, 9.17) is 0 Å². The van der Waals surface area contributed by atoms with E-state index in [-0.39, 0.29) is 5.82 Å². The lowest BCUT2D eigenvalue weighted by atomic mass is 9.97. The van der Waals surface area contributed by atoms with Gasteiger partial charge in [-0.25, -0.2) is 4.39 Å². The zero-order valence-corrected chi connectivity index (χ0v) is 21.8. The van der Waals surface area contributed by atoms with Gasteiger partial charge in [-0.1, -0.05) is 97.1 Å². The number of rotatable bonds is 3. The van der Waals surface area contributed by atoms with Crippen LogP contribution in [0, 0.1) is 5.82 Å². The molecule has 0 saturated heterocycles. The van der Waals surface area contributed by atoms with Gasteiger partial charge < -0.3 is 4.90 Å². The van der Waals surface area contributed by atoms with Gasteiger partial charge in [-0.2, -0.15) is 0 Å². The first-order valence-corrected chi connectivity index (χ1v) is 13.9. The highest BCUT2D eigenvalue weighted by molar-refractivity contribution is 7.27. The summed E-state index contributed by atoms with van der Waals surface area (Å²) in [7, 11) is 0. The Kier molecular flexibility index (Phi) is 4.94. The van der Waals surface area contributed by atoms with Crippen LogP contribution in [0.1, 0.15) is 0 Å². The average Bonchev–Trinajstić information content (AvgIpc) is 3.40. The molecule has 0 saturated carbocycles. The second-order valence-corrected chi connectivity index (χ2v) is 10.9. The molecule has 1 nitrogen and oxygen atoms in total. The van der Waals surface area contributed by atoms with Crippen LogP contribution < -0.4 is 4.90 Å². The Morgan fingerprint density at radius 1 is 0.436 bits per heavy atom. The van der Waals surface area contributed by atoms with Gasteiger partial charge in [0.1, 0.15) is 5.82 Å². The lowest BCUT2D eigenvalue weighted by Gasteiger charge is -2.27. The maximum absolute atomic E-state index is 14.1. The lowest BCUT2D eigenvalue weighted by molar-refractivity contribution is 0.628. The summed E-state index contributed by atoms with van der Waals surface area (Å²) in [5, 5.41) is 9.95. The Morgan fingerprint density at radius 3 is 1.79 bits per heavy atom. The standard InChI is InChI=1S/C36H22FNS/c37-24-19-21-25(22-20-24)38(32-17-7-10-23-9-1-2-11-26(23)32)33-18-8-16-31-34-29-14-5-3-12-27(29)28-13-4-6-15-30(28)36(34)39-35(31)33/h1-22H. The molecule has 0 unspecified atom stereocenters. The molecule has 0 atom stereocenters. The van der Waals surface area contributed by atoms with Gasteiger partial charge in [-0.3, -0.25) is 0 Å². The fraction of sp³-hybridized carbons (Fsp3) is 0. The van der Waals surface area contributed by atoms with Crippen molar-refractivity contribution in [2.75, 3.05) is 4.90 Å². The van der Waals surface area contributed by atoms with Gasteiger partial charge in [-0.15, -0.1) is 11.3 Å². The molecule has 0 amide bonds. The van der Waals surface area contributed by atoms with Crippen molar-refractivity contribution in [1.82, 2.24) is 0 Å². The van der Waals surface area contributed by atoms with E-state index in [2.05, 4.69) is 114 Å². The fourth-order valence-corrected chi connectivity index (χ4v) is 7.35. The predicted octanol–water partition coefficient (Wildman–Crippen LogP) is 11.1. The van der Waals surface area contributed by atoms with Crippen LogP contribution in [0.3, 0.4) is 0 Å². The first-order valence-electron chi connectivity index (χ1n) is 13.1. The molecular weight excluding hydrogens is 497 g/mol. The quantitative estimate of drug-likeness (QED) is 0.210. The summed E-state index contributed by atoms with van der Waals surface area (Å²) in [5.41, 5.74) is 3.08. The number of thiophene rings is 1. The number of halogens is 1. The molecule has 1 aromatic heterocycles. The van der Waals surface area contributed by atoms with E-state index in [0.29, 0.717) is 0 Å². The molecule has 0 spiro atoms. The van der Waals surface area contributed by atoms with Crippen molar-refractivity contribution in [3.05, 3.63) is 139 Å². The van der Waals surface area contributed by atoms with Crippen molar-refractivity contribution >= 4 is 80.9 Å². The van der Waals surface area contributed by atoms with Crippen molar-refractivity contribution in [2.45, 2.75) is 0 Å². The maximum Gasteiger partial charge on any atom is 0.123 e. The van der Waals surface area contributed by atoms with E-state index >= 15 is 0 Å². The van der Waals surface area contributed by atoms with E-state index in [9.17, 15) is 4.39 Å². The summed E-state index contributed by atoms with van der Waals surface area (Å²) in [4.78, 5) is 2.28. The Bertz CT molecular complexity index is 2190. The molecule has 39 heavy (non-hydrogen) atoms. The molecule has 7 aromatic carbocycles. The molecule has 0 fully saturated rings. The lowest BCUT2D eigenvalue weighted by Crippen LogP contribution is -2.10. The van der Waals surface area contributed by atoms with Gasteiger partial charge in [0.05, 0.1) is 16.1 Å². The molecule has 1 heterocycles. The molecule has 184 valence electrons. The van der Waals surface area contributed by atoms with Crippen molar-refractivity contribution in [3.8, 4) is 0 Å². The molecule has 0 bridgehead atoms. The van der Waals surface area contributed by atoms with Gasteiger partial charge in [0.2, 0.25) is 0 Å². The highest BCUT2D eigenvalue weighted by atomic mass is 32.1. The minimum absolute atomic E-state index is 0.241. The van der Waals surface area contributed by atoms with E-state index in [1.165, 1.54) is 47.1 Å². The van der Waals surface area contributed by atoms with E-state index in [1.807, 2.05) is 23.5 Å². The maximum atomic E-state index is 14.1. The Hall–Kier alpha value is -4.73. The van der Waals surface area contributed by atoms with Gasteiger partial charge >= 0.3 is 0 Å². The first-order chi connectivity index (χ1) is 19.3. The number of benzene rings is 7. The third-order valence-electron chi connectivity index (χ3n) is 7.69. The fourth-order valence-electron chi connectivity index (χ4n) is 5.99. The minimum atomic E-state index is -0.241. The summed E-state index contributed by atoms with van der Waals surface area (Å²) < 4.78 is 16.6. The molecule has 8 rings (SSSR count). The number of anilines is 3. The van der Waals surface area contributed by atoms with Crippen molar-refractivity contribution < 1.29 is 4.39 Å². The molecule has 8 aromatic rings. The van der Waals surface area contributed by atoms with E-state index in [0.717, 1.165) is 22.4 Å². The first kappa shape index (κ1) is 22.3. The number of nitrogens with zero attached hydrogens (tertiary/aromatic N) is 1. The Labute approximate surface area is 229 Å². The molecule has 0 aliphatic carbocycles. The largest absolute Gasteiger partial charge is 0.308 e. The van der Waals surface area contributed by atoms with Crippen LogP contribution in [0.5, 0.6) is 0 Å². The van der Waals surface area contributed by atoms with Gasteiger partial charge in [0.15, 0.2) is 0 Å². The van der Waals surface area contributed by atoms with Crippen molar-refractivity contribution in [3.63, 3.8) is 0 Å². The second kappa shape index (κ2) is 8.65. The van der Waals surface area contributed by atoms with E-state index in [1.54, 1.807) is 12.1 Å². The molecule has 3 heteroatoms. The van der Waals surface area contributed by atoms with Crippen molar-refractivity contribution in [1.29, 1.82) is 0 Å². The SMILES string of the molecule is Fc1ccc(N(c2cccc3ccccc23)c2cccc3c2sc2c4ccccc4c4ccccc4c32)cc1. The second-order valence-electron chi connectivity index (χ2n) is 9.86. The number of hydrogen-bond donors (Lipinski definition) is 0. The third-order valence-corrected chi connectivity index (χ3v) is 8.95. The van der Waals surface area contributed by atoms with Crippen molar-refractivity contribution in [2.24, 2.45) is 0 Å². The monoisotopic (exact) mass is 519 g/mol. The zero-order valence-electron chi connectivity index (χ0n) is 20.9. The van der Waals surface area contributed by atoms with Crippen LogP contribution in [-0.2, 0) is 0 Å². The minimum Gasteiger partial charge on any atom is -0.308 e. The normalized spacial score (nSPS) is 11.7. The molecular formula is C36H22FNS. The zero-order chi connectivity index (χ0) is 25.9. The average molecular weight is 520 g/mol. The Balaban J connectivity index is 1.52. The molecule has 0 radical (unpaired) electrons. The van der Waals surface area contributed by atoms with Crippen LogP contribution in [0.15, 0.2) is 133 Å². The van der Waals surface area contributed by atoms with Crippen LogP contribution in [0.2, 0.25) is 0 Å². The van der Waals surface area contributed by atoms with Crippen LogP contribution >= 0.6 is 11.3 Å².